The van der Waals surface area contributed by atoms with Crippen LogP contribution in [-0.4, -0.2) is 45.6 Å². The standard InChI is InChI=1S/C9H13N3OS/c13-9(8-6-10-11-7-8)12-2-1-4-14-5-3-12/h6-7H,1-5H2,(H,10,11). The summed E-state index contributed by atoms with van der Waals surface area (Å²) in [5, 5.41) is 6.45. The zero-order valence-electron chi connectivity index (χ0n) is 7.90. The number of rotatable bonds is 1. The van der Waals surface area contributed by atoms with Crippen molar-refractivity contribution in [1.82, 2.24) is 15.1 Å². The van der Waals surface area contributed by atoms with Gasteiger partial charge >= 0.3 is 0 Å². The van der Waals surface area contributed by atoms with Crippen LogP contribution in [0, 0.1) is 0 Å². The predicted molar refractivity (Wildman–Crippen MR) is 56.4 cm³/mol. The summed E-state index contributed by atoms with van der Waals surface area (Å²) in [6.45, 7) is 1.73. The first kappa shape index (κ1) is 9.58. The lowest BCUT2D eigenvalue weighted by molar-refractivity contribution is 0.0768. The van der Waals surface area contributed by atoms with Crippen molar-refractivity contribution in [2.75, 3.05) is 24.6 Å². The maximum absolute atomic E-state index is 11.9. The first-order valence-electron chi connectivity index (χ1n) is 4.74. The number of hydrogen-bond acceptors (Lipinski definition) is 3. The van der Waals surface area contributed by atoms with E-state index < -0.39 is 0 Å². The Morgan fingerprint density at radius 2 is 2.43 bits per heavy atom. The number of aromatic amines is 1. The second kappa shape index (κ2) is 4.50. The van der Waals surface area contributed by atoms with Crippen LogP contribution in [0.1, 0.15) is 16.8 Å². The van der Waals surface area contributed by atoms with E-state index in [1.165, 1.54) is 0 Å². The van der Waals surface area contributed by atoms with Crippen LogP contribution in [0.3, 0.4) is 0 Å². The number of nitrogens with zero attached hydrogens (tertiary/aromatic N) is 2. The molecule has 0 unspecified atom stereocenters. The van der Waals surface area contributed by atoms with Gasteiger partial charge in [0.15, 0.2) is 0 Å². The van der Waals surface area contributed by atoms with Gasteiger partial charge in [0.2, 0.25) is 0 Å². The molecule has 0 atom stereocenters. The number of carbonyl (C=O) groups excluding carboxylic acids is 1. The first-order chi connectivity index (χ1) is 6.88. The van der Waals surface area contributed by atoms with E-state index in [4.69, 9.17) is 0 Å². The number of carbonyl (C=O) groups is 1. The molecular weight excluding hydrogens is 198 g/mol. The Bertz CT molecular complexity index is 291. The third-order valence-electron chi connectivity index (χ3n) is 2.25. The summed E-state index contributed by atoms with van der Waals surface area (Å²) >= 11 is 1.92. The lowest BCUT2D eigenvalue weighted by Gasteiger charge is -2.18. The molecule has 0 spiro atoms. The van der Waals surface area contributed by atoms with E-state index >= 15 is 0 Å². The molecule has 1 aromatic rings. The molecule has 1 aliphatic heterocycles. The summed E-state index contributed by atoms with van der Waals surface area (Å²) in [5.74, 6) is 2.31. The quantitative estimate of drug-likeness (QED) is 0.753. The van der Waals surface area contributed by atoms with E-state index in [1.807, 2.05) is 16.7 Å². The molecule has 1 aromatic heterocycles. The van der Waals surface area contributed by atoms with Crippen molar-refractivity contribution in [1.29, 1.82) is 0 Å². The number of hydrogen-bond donors (Lipinski definition) is 1. The molecule has 14 heavy (non-hydrogen) atoms. The van der Waals surface area contributed by atoms with Crippen LogP contribution < -0.4 is 0 Å². The Morgan fingerprint density at radius 3 is 3.21 bits per heavy atom. The molecule has 1 amide bonds. The van der Waals surface area contributed by atoms with Gasteiger partial charge in [0.25, 0.3) is 5.91 Å². The van der Waals surface area contributed by atoms with Gasteiger partial charge in [-0.05, 0) is 12.2 Å². The van der Waals surface area contributed by atoms with E-state index in [2.05, 4.69) is 10.2 Å². The minimum absolute atomic E-state index is 0.0984. The highest BCUT2D eigenvalue weighted by atomic mass is 32.2. The molecule has 0 aliphatic carbocycles. The number of H-pyrrole nitrogens is 1. The van der Waals surface area contributed by atoms with Crippen LogP contribution in [0.2, 0.25) is 0 Å². The Morgan fingerprint density at radius 1 is 1.50 bits per heavy atom. The Hall–Kier alpha value is -0.970. The Kier molecular flexibility index (Phi) is 3.08. The average molecular weight is 211 g/mol. The van der Waals surface area contributed by atoms with Gasteiger partial charge in [-0.15, -0.1) is 0 Å². The van der Waals surface area contributed by atoms with Gasteiger partial charge in [-0.1, -0.05) is 0 Å². The fourth-order valence-electron chi connectivity index (χ4n) is 1.50. The van der Waals surface area contributed by atoms with Gasteiger partial charge in [-0.25, -0.2) is 0 Å². The Labute approximate surface area is 87.1 Å². The third kappa shape index (κ3) is 2.09. The van der Waals surface area contributed by atoms with Crippen LogP contribution in [-0.2, 0) is 0 Å². The molecule has 1 fully saturated rings. The van der Waals surface area contributed by atoms with Crippen molar-refractivity contribution in [2.24, 2.45) is 0 Å². The molecule has 4 nitrogen and oxygen atoms in total. The lowest BCUT2D eigenvalue weighted by atomic mass is 10.3. The van der Waals surface area contributed by atoms with Gasteiger partial charge in [0.1, 0.15) is 0 Å². The minimum Gasteiger partial charge on any atom is -0.338 e. The maximum Gasteiger partial charge on any atom is 0.257 e. The third-order valence-corrected chi connectivity index (χ3v) is 3.30. The summed E-state index contributed by atoms with van der Waals surface area (Å²) in [7, 11) is 0. The molecule has 1 saturated heterocycles. The second-order valence-electron chi connectivity index (χ2n) is 3.25. The van der Waals surface area contributed by atoms with E-state index in [0.29, 0.717) is 5.56 Å². The van der Waals surface area contributed by atoms with E-state index in [9.17, 15) is 4.79 Å². The molecule has 0 radical (unpaired) electrons. The zero-order valence-corrected chi connectivity index (χ0v) is 8.72. The van der Waals surface area contributed by atoms with Gasteiger partial charge < -0.3 is 4.90 Å². The van der Waals surface area contributed by atoms with Gasteiger partial charge in [-0.3, -0.25) is 9.89 Å². The van der Waals surface area contributed by atoms with E-state index in [-0.39, 0.29) is 5.91 Å². The summed E-state index contributed by atoms with van der Waals surface area (Å²) in [6.07, 6.45) is 4.33. The molecule has 5 heteroatoms. The molecule has 2 heterocycles. The monoisotopic (exact) mass is 211 g/mol. The summed E-state index contributed by atoms with van der Waals surface area (Å²) in [5.41, 5.74) is 0.664. The predicted octanol–water partition coefficient (Wildman–Crippen LogP) is 0.989. The van der Waals surface area contributed by atoms with Crippen LogP contribution in [0.15, 0.2) is 12.4 Å². The van der Waals surface area contributed by atoms with Gasteiger partial charge in [0.05, 0.1) is 11.8 Å². The van der Waals surface area contributed by atoms with Crippen LogP contribution in [0.4, 0.5) is 0 Å². The zero-order chi connectivity index (χ0) is 9.80. The molecular formula is C9H13N3OS. The average Bonchev–Trinajstić information content (AvgIpc) is 2.59. The highest BCUT2D eigenvalue weighted by Crippen LogP contribution is 2.12. The lowest BCUT2D eigenvalue weighted by Crippen LogP contribution is -2.32. The molecule has 1 N–H and O–H groups in total. The fourth-order valence-corrected chi connectivity index (χ4v) is 2.39. The van der Waals surface area contributed by atoms with Crippen LogP contribution >= 0.6 is 11.8 Å². The van der Waals surface area contributed by atoms with Crippen molar-refractivity contribution in [3.05, 3.63) is 18.0 Å². The minimum atomic E-state index is 0.0984. The molecule has 1 aliphatic rings. The maximum atomic E-state index is 11.9. The van der Waals surface area contributed by atoms with Crippen LogP contribution in [0.25, 0.3) is 0 Å². The Balaban J connectivity index is 2.03. The first-order valence-corrected chi connectivity index (χ1v) is 5.89. The summed E-state index contributed by atoms with van der Waals surface area (Å²) in [6, 6.07) is 0. The highest BCUT2D eigenvalue weighted by molar-refractivity contribution is 7.99. The largest absolute Gasteiger partial charge is 0.338 e. The van der Waals surface area contributed by atoms with Crippen molar-refractivity contribution in [3.63, 3.8) is 0 Å². The number of aromatic nitrogens is 2. The molecule has 2 rings (SSSR count). The van der Waals surface area contributed by atoms with Crippen molar-refractivity contribution in [2.45, 2.75) is 6.42 Å². The molecule has 0 saturated carbocycles. The van der Waals surface area contributed by atoms with Crippen molar-refractivity contribution >= 4 is 17.7 Å². The topological polar surface area (TPSA) is 49.0 Å². The van der Waals surface area contributed by atoms with Gasteiger partial charge in [0, 0.05) is 25.0 Å². The highest BCUT2D eigenvalue weighted by Gasteiger charge is 2.17. The van der Waals surface area contributed by atoms with Crippen molar-refractivity contribution < 1.29 is 4.79 Å². The SMILES string of the molecule is O=C(c1cn[nH]c1)N1CCCSCC1. The number of thioether (sulfide) groups is 1. The second-order valence-corrected chi connectivity index (χ2v) is 4.47. The molecule has 76 valence electrons. The van der Waals surface area contributed by atoms with Crippen molar-refractivity contribution in [3.8, 4) is 0 Å². The summed E-state index contributed by atoms with van der Waals surface area (Å²) in [4.78, 5) is 13.8. The van der Waals surface area contributed by atoms with Crippen LogP contribution in [0.5, 0.6) is 0 Å². The molecule has 0 aromatic carbocycles. The summed E-state index contributed by atoms with van der Waals surface area (Å²) < 4.78 is 0. The van der Waals surface area contributed by atoms with Gasteiger partial charge in [-0.2, -0.15) is 16.9 Å². The normalized spacial score (nSPS) is 17.9. The number of amides is 1. The van der Waals surface area contributed by atoms with E-state index in [0.717, 1.165) is 31.0 Å². The fraction of sp³-hybridized carbons (Fsp3) is 0.556. The smallest absolute Gasteiger partial charge is 0.257 e. The number of nitrogens with one attached hydrogen (secondary N) is 1. The van der Waals surface area contributed by atoms with E-state index in [1.54, 1.807) is 12.4 Å². The molecule has 0 bridgehead atoms.